The maximum Gasteiger partial charge on any atom is 0.119 e. The van der Waals surface area contributed by atoms with Crippen LogP contribution in [-0.4, -0.2) is 32.4 Å². The van der Waals surface area contributed by atoms with Crippen molar-refractivity contribution in [3.8, 4) is 5.75 Å². The van der Waals surface area contributed by atoms with Crippen LogP contribution in [0.5, 0.6) is 5.75 Å². The van der Waals surface area contributed by atoms with Gasteiger partial charge in [-0.25, -0.2) is 0 Å². The second kappa shape index (κ2) is 6.51. The molecule has 1 aromatic rings. The molecule has 1 aromatic carbocycles. The van der Waals surface area contributed by atoms with Gasteiger partial charge in [0.1, 0.15) is 12.4 Å². The first-order valence-corrected chi connectivity index (χ1v) is 5.95. The second-order valence-electron chi connectivity index (χ2n) is 4.00. The quantitative estimate of drug-likeness (QED) is 0.769. The molecule has 1 saturated heterocycles. The van der Waals surface area contributed by atoms with Crippen LogP contribution in [-0.2, 0) is 4.74 Å². The fraction of sp³-hybridized carbons (Fsp3) is 0.538. The first-order valence-electron chi connectivity index (χ1n) is 5.95. The van der Waals surface area contributed by atoms with Crippen molar-refractivity contribution < 1.29 is 9.47 Å². The second-order valence-corrected chi connectivity index (χ2v) is 4.00. The smallest absolute Gasteiger partial charge is 0.119 e. The summed E-state index contributed by atoms with van der Waals surface area (Å²) >= 11 is 0. The van der Waals surface area contributed by atoms with Crippen LogP contribution in [0.1, 0.15) is 12.8 Å². The highest BCUT2D eigenvalue weighted by Gasteiger charge is 2.12. The Bertz CT molecular complexity index is 283. The average Bonchev–Trinajstić information content (AvgIpc) is 2.37. The summed E-state index contributed by atoms with van der Waals surface area (Å²) < 4.78 is 11.3. The van der Waals surface area contributed by atoms with Crippen molar-refractivity contribution in [1.29, 1.82) is 0 Å². The van der Waals surface area contributed by atoms with E-state index < -0.39 is 0 Å². The number of para-hydroxylation sites is 1. The van der Waals surface area contributed by atoms with Crippen LogP contribution >= 0.6 is 0 Å². The molecule has 2 rings (SSSR count). The Morgan fingerprint density at radius 2 is 2.06 bits per heavy atom. The van der Waals surface area contributed by atoms with Gasteiger partial charge in [-0.05, 0) is 31.5 Å². The molecule has 0 spiro atoms. The summed E-state index contributed by atoms with van der Waals surface area (Å²) in [6.07, 6.45) is 2.75. The molecule has 0 radical (unpaired) electrons. The maximum absolute atomic E-state index is 5.72. The molecule has 0 aromatic heterocycles. The van der Waals surface area contributed by atoms with Crippen LogP contribution in [0.4, 0.5) is 0 Å². The Morgan fingerprint density at radius 1 is 1.19 bits per heavy atom. The average molecular weight is 221 g/mol. The van der Waals surface area contributed by atoms with Crippen molar-refractivity contribution >= 4 is 0 Å². The van der Waals surface area contributed by atoms with Gasteiger partial charge in [-0.1, -0.05) is 18.2 Å². The highest BCUT2D eigenvalue weighted by atomic mass is 16.5. The summed E-state index contributed by atoms with van der Waals surface area (Å²) in [7, 11) is 0. The van der Waals surface area contributed by atoms with Crippen LogP contribution in [0.3, 0.4) is 0 Å². The monoisotopic (exact) mass is 221 g/mol. The Balaban J connectivity index is 1.58. The molecular weight excluding hydrogens is 202 g/mol. The van der Waals surface area contributed by atoms with E-state index in [0.717, 1.165) is 18.8 Å². The standard InChI is InChI=1S/C13H19NO2/c1-2-5-12(6-3-1)15-9-10-16-13-7-4-8-14-11-13/h1-3,5-6,13-14H,4,7-11H2/t13-/m1/s1. The summed E-state index contributed by atoms with van der Waals surface area (Å²) in [5, 5.41) is 3.33. The molecule has 0 bridgehead atoms. The predicted molar refractivity (Wildman–Crippen MR) is 63.8 cm³/mol. The molecule has 88 valence electrons. The molecule has 1 heterocycles. The van der Waals surface area contributed by atoms with Crippen LogP contribution in [0, 0.1) is 0 Å². The number of rotatable bonds is 5. The highest BCUT2D eigenvalue weighted by Crippen LogP contribution is 2.09. The largest absolute Gasteiger partial charge is 0.491 e. The normalized spacial score (nSPS) is 20.6. The zero-order valence-corrected chi connectivity index (χ0v) is 9.52. The molecule has 16 heavy (non-hydrogen) atoms. The fourth-order valence-corrected chi connectivity index (χ4v) is 1.85. The predicted octanol–water partition coefficient (Wildman–Crippen LogP) is 1.83. The summed E-state index contributed by atoms with van der Waals surface area (Å²) in [4.78, 5) is 0. The molecule has 1 aliphatic rings. The molecule has 3 nitrogen and oxygen atoms in total. The van der Waals surface area contributed by atoms with E-state index in [4.69, 9.17) is 9.47 Å². The van der Waals surface area contributed by atoms with Crippen molar-refractivity contribution in [1.82, 2.24) is 5.32 Å². The van der Waals surface area contributed by atoms with Crippen LogP contribution in [0.15, 0.2) is 30.3 Å². The van der Waals surface area contributed by atoms with Crippen LogP contribution < -0.4 is 10.1 Å². The van der Waals surface area contributed by atoms with Gasteiger partial charge in [0.05, 0.1) is 12.7 Å². The van der Waals surface area contributed by atoms with Gasteiger partial charge in [-0.2, -0.15) is 0 Å². The van der Waals surface area contributed by atoms with Gasteiger partial charge in [0.25, 0.3) is 0 Å². The van der Waals surface area contributed by atoms with Gasteiger partial charge >= 0.3 is 0 Å². The lowest BCUT2D eigenvalue weighted by molar-refractivity contribution is 0.0205. The maximum atomic E-state index is 5.72. The number of ether oxygens (including phenoxy) is 2. The Labute approximate surface area is 96.8 Å². The molecule has 0 unspecified atom stereocenters. The van der Waals surface area contributed by atoms with Crippen LogP contribution in [0.25, 0.3) is 0 Å². The molecule has 0 amide bonds. The first-order chi connectivity index (χ1) is 7.95. The topological polar surface area (TPSA) is 30.5 Å². The van der Waals surface area contributed by atoms with E-state index in [-0.39, 0.29) is 0 Å². The van der Waals surface area contributed by atoms with Gasteiger partial charge in [0.15, 0.2) is 0 Å². The number of piperidine rings is 1. The van der Waals surface area contributed by atoms with E-state index in [2.05, 4.69) is 5.32 Å². The number of hydrogen-bond acceptors (Lipinski definition) is 3. The minimum atomic E-state index is 0.369. The zero-order chi connectivity index (χ0) is 11.1. The molecule has 0 aliphatic carbocycles. The van der Waals surface area contributed by atoms with Gasteiger partial charge in [0.2, 0.25) is 0 Å². The minimum Gasteiger partial charge on any atom is -0.491 e. The molecule has 3 heteroatoms. The van der Waals surface area contributed by atoms with Crippen molar-refractivity contribution in [2.45, 2.75) is 18.9 Å². The summed E-state index contributed by atoms with van der Waals surface area (Å²) in [6.45, 7) is 3.40. The zero-order valence-electron chi connectivity index (χ0n) is 9.52. The molecule has 1 N–H and O–H groups in total. The van der Waals surface area contributed by atoms with Gasteiger partial charge in [-0.3, -0.25) is 0 Å². The third kappa shape index (κ3) is 3.83. The first kappa shape index (κ1) is 11.4. The van der Waals surface area contributed by atoms with E-state index in [1.807, 2.05) is 30.3 Å². The van der Waals surface area contributed by atoms with Gasteiger partial charge in [-0.15, -0.1) is 0 Å². The van der Waals surface area contributed by atoms with E-state index in [0.29, 0.717) is 19.3 Å². The van der Waals surface area contributed by atoms with Crippen molar-refractivity contribution in [2.24, 2.45) is 0 Å². The lowest BCUT2D eigenvalue weighted by atomic mass is 10.1. The van der Waals surface area contributed by atoms with Crippen molar-refractivity contribution in [3.05, 3.63) is 30.3 Å². The molecule has 1 atom stereocenters. The van der Waals surface area contributed by atoms with Crippen LogP contribution in [0.2, 0.25) is 0 Å². The Morgan fingerprint density at radius 3 is 2.81 bits per heavy atom. The number of hydrogen-bond donors (Lipinski definition) is 1. The molecule has 1 fully saturated rings. The van der Waals surface area contributed by atoms with E-state index >= 15 is 0 Å². The molecule has 0 saturated carbocycles. The van der Waals surface area contributed by atoms with Gasteiger partial charge < -0.3 is 14.8 Å². The Hall–Kier alpha value is -1.06. The van der Waals surface area contributed by atoms with Crippen molar-refractivity contribution in [2.75, 3.05) is 26.3 Å². The highest BCUT2D eigenvalue weighted by molar-refractivity contribution is 5.20. The molecular formula is C13H19NO2. The SMILES string of the molecule is c1ccc(OCCO[C@@H]2CCCNC2)cc1. The summed E-state index contributed by atoms with van der Waals surface area (Å²) in [5.41, 5.74) is 0. The lowest BCUT2D eigenvalue weighted by Crippen LogP contribution is -2.36. The Kier molecular flexibility index (Phi) is 4.65. The fourth-order valence-electron chi connectivity index (χ4n) is 1.85. The number of benzene rings is 1. The summed E-state index contributed by atoms with van der Waals surface area (Å²) in [5.74, 6) is 0.910. The lowest BCUT2D eigenvalue weighted by Gasteiger charge is -2.23. The van der Waals surface area contributed by atoms with E-state index in [1.54, 1.807) is 0 Å². The third-order valence-electron chi connectivity index (χ3n) is 2.70. The number of nitrogens with one attached hydrogen (secondary N) is 1. The van der Waals surface area contributed by atoms with E-state index in [1.165, 1.54) is 12.8 Å². The van der Waals surface area contributed by atoms with E-state index in [9.17, 15) is 0 Å². The summed E-state index contributed by atoms with van der Waals surface area (Å²) in [6, 6.07) is 9.85. The minimum absolute atomic E-state index is 0.369. The van der Waals surface area contributed by atoms with Gasteiger partial charge in [0, 0.05) is 6.54 Å². The molecule has 1 aliphatic heterocycles. The van der Waals surface area contributed by atoms with Crippen molar-refractivity contribution in [3.63, 3.8) is 0 Å². The third-order valence-corrected chi connectivity index (χ3v) is 2.70.